The van der Waals surface area contributed by atoms with Gasteiger partial charge in [-0.1, -0.05) is 56.5 Å². The van der Waals surface area contributed by atoms with Crippen molar-refractivity contribution < 1.29 is 13.2 Å². The largest absolute Gasteiger partial charge is 0.493 e. The van der Waals surface area contributed by atoms with Crippen molar-refractivity contribution in [3.63, 3.8) is 0 Å². The van der Waals surface area contributed by atoms with E-state index in [4.69, 9.17) is 4.74 Å². The summed E-state index contributed by atoms with van der Waals surface area (Å²) in [5, 5.41) is 0. The molecule has 1 aliphatic carbocycles. The molecule has 5 heteroatoms. The Morgan fingerprint density at radius 3 is 2.52 bits per heavy atom. The third kappa shape index (κ3) is 5.56. The molecule has 3 aliphatic rings. The molecular formula is C28H37NO3S. The lowest BCUT2D eigenvalue weighted by Gasteiger charge is -2.42. The second kappa shape index (κ2) is 9.69. The maximum Gasteiger partial charge on any atom is 0.150 e. The van der Waals surface area contributed by atoms with Gasteiger partial charge in [0, 0.05) is 36.4 Å². The van der Waals surface area contributed by atoms with Gasteiger partial charge < -0.3 is 9.64 Å². The van der Waals surface area contributed by atoms with Crippen LogP contribution in [0.3, 0.4) is 0 Å². The Bertz CT molecular complexity index is 1040. The highest BCUT2D eigenvalue weighted by Crippen LogP contribution is 2.45. The van der Waals surface area contributed by atoms with Gasteiger partial charge in [0.25, 0.3) is 0 Å². The molecule has 0 amide bonds. The van der Waals surface area contributed by atoms with Gasteiger partial charge in [-0.15, -0.1) is 0 Å². The molecule has 2 aromatic carbocycles. The fraction of sp³-hybridized carbons (Fsp3) is 0.571. The average molecular weight is 468 g/mol. The van der Waals surface area contributed by atoms with Crippen molar-refractivity contribution in [2.24, 2.45) is 17.8 Å². The molecule has 2 heterocycles. The summed E-state index contributed by atoms with van der Waals surface area (Å²) in [5.41, 5.74) is 3.94. The number of hydrogen-bond donors (Lipinski definition) is 0. The number of hydrogen-bond acceptors (Lipinski definition) is 4. The van der Waals surface area contributed by atoms with E-state index >= 15 is 0 Å². The molecule has 2 aromatic rings. The van der Waals surface area contributed by atoms with Crippen molar-refractivity contribution in [3.05, 3.63) is 59.7 Å². The Morgan fingerprint density at radius 1 is 1.00 bits per heavy atom. The fourth-order valence-electron chi connectivity index (χ4n) is 5.65. The molecule has 2 aliphatic heterocycles. The van der Waals surface area contributed by atoms with Crippen molar-refractivity contribution in [1.82, 2.24) is 0 Å². The molecule has 0 bridgehead atoms. The summed E-state index contributed by atoms with van der Waals surface area (Å²) in [6.45, 7) is 4.41. The first-order valence-electron chi connectivity index (χ1n) is 12.8. The van der Waals surface area contributed by atoms with Crippen LogP contribution < -0.4 is 9.64 Å². The second-order valence-electron chi connectivity index (χ2n) is 10.5. The van der Waals surface area contributed by atoms with Gasteiger partial charge in [0.1, 0.15) is 5.75 Å². The van der Waals surface area contributed by atoms with Crippen molar-refractivity contribution in [2.75, 3.05) is 36.1 Å². The number of rotatable bonds is 10. The molecule has 5 rings (SSSR count). The molecule has 2 fully saturated rings. The highest BCUT2D eigenvalue weighted by atomic mass is 32.2. The average Bonchev–Trinajstić information content (AvgIpc) is 3.60. The van der Waals surface area contributed by atoms with Crippen molar-refractivity contribution in [2.45, 2.75) is 51.4 Å². The summed E-state index contributed by atoms with van der Waals surface area (Å²) in [5.74, 6) is 3.88. The van der Waals surface area contributed by atoms with Crippen LogP contribution in [0.2, 0.25) is 0 Å². The maximum atomic E-state index is 12.2. The summed E-state index contributed by atoms with van der Waals surface area (Å²) < 4.78 is 30.7. The molecule has 0 radical (unpaired) electrons. The van der Waals surface area contributed by atoms with Gasteiger partial charge in [-0.2, -0.15) is 0 Å². The minimum absolute atomic E-state index is 0.250. The van der Waals surface area contributed by atoms with E-state index in [2.05, 4.69) is 53.4 Å². The SMILES string of the molecule is CCCS(=O)(=O)CC1CN(c2ccc3c(c2)C(Cc2ccccc2)C(CCC2CC2)CO3)C1. The fourth-order valence-corrected chi connectivity index (χ4v) is 7.36. The molecule has 178 valence electrons. The van der Waals surface area contributed by atoms with Gasteiger partial charge in [0.2, 0.25) is 0 Å². The molecule has 2 unspecified atom stereocenters. The van der Waals surface area contributed by atoms with Gasteiger partial charge in [-0.25, -0.2) is 8.42 Å². The Kier molecular flexibility index (Phi) is 6.69. The lowest BCUT2D eigenvalue weighted by Crippen LogP contribution is -2.50. The third-order valence-corrected chi connectivity index (χ3v) is 9.69. The lowest BCUT2D eigenvalue weighted by molar-refractivity contribution is 0.180. The highest BCUT2D eigenvalue weighted by Gasteiger charge is 2.35. The van der Waals surface area contributed by atoms with Crippen LogP contribution in [0, 0.1) is 17.8 Å². The monoisotopic (exact) mass is 467 g/mol. The van der Waals surface area contributed by atoms with Crippen LogP contribution in [-0.2, 0) is 16.3 Å². The molecule has 2 atom stereocenters. The molecule has 0 N–H and O–H groups in total. The predicted octanol–water partition coefficient (Wildman–Crippen LogP) is 5.47. The first-order chi connectivity index (χ1) is 16.0. The van der Waals surface area contributed by atoms with E-state index in [0.717, 1.165) is 37.8 Å². The first kappa shape index (κ1) is 22.8. The van der Waals surface area contributed by atoms with Crippen LogP contribution in [0.1, 0.15) is 56.1 Å². The molecule has 33 heavy (non-hydrogen) atoms. The normalized spacial score (nSPS) is 23.0. The van der Waals surface area contributed by atoms with Crippen LogP contribution in [0.15, 0.2) is 48.5 Å². The van der Waals surface area contributed by atoms with E-state index in [1.807, 2.05) is 6.92 Å². The van der Waals surface area contributed by atoms with Crippen LogP contribution in [0.5, 0.6) is 5.75 Å². The molecule has 0 aromatic heterocycles. The number of ether oxygens (including phenoxy) is 1. The van der Waals surface area contributed by atoms with E-state index in [0.29, 0.717) is 29.8 Å². The number of nitrogens with zero attached hydrogens (tertiary/aromatic N) is 1. The lowest BCUT2D eigenvalue weighted by atomic mass is 9.77. The summed E-state index contributed by atoms with van der Waals surface area (Å²) >= 11 is 0. The summed E-state index contributed by atoms with van der Waals surface area (Å²) in [7, 11) is -2.92. The summed E-state index contributed by atoms with van der Waals surface area (Å²) in [6, 6.07) is 17.5. The quantitative estimate of drug-likeness (QED) is 0.465. The Morgan fingerprint density at radius 2 is 1.79 bits per heavy atom. The Balaban J connectivity index is 1.32. The second-order valence-corrected chi connectivity index (χ2v) is 12.7. The van der Waals surface area contributed by atoms with Crippen molar-refractivity contribution in [3.8, 4) is 5.75 Å². The van der Waals surface area contributed by atoms with E-state index < -0.39 is 9.84 Å². The third-order valence-electron chi connectivity index (χ3n) is 7.68. The Labute approximate surface area is 199 Å². The van der Waals surface area contributed by atoms with Crippen LogP contribution in [0.4, 0.5) is 5.69 Å². The molecule has 1 saturated heterocycles. The standard InChI is InChI=1S/C28H37NO3S/c1-2-14-33(30,31)20-23-17-29(18-23)25-12-13-28-27(16-25)26(15-22-6-4-3-5-7-22)24(19-32-28)11-10-21-8-9-21/h3-7,12-13,16,21,23-24,26H,2,8-11,14-15,17-20H2,1H3. The number of benzene rings is 2. The van der Waals surface area contributed by atoms with Gasteiger partial charge in [0.05, 0.1) is 12.4 Å². The topological polar surface area (TPSA) is 46.6 Å². The minimum atomic E-state index is -2.92. The number of anilines is 1. The van der Waals surface area contributed by atoms with Crippen molar-refractivity contribution >= 4 is 15.5 Å². The van der Waals surface area contributed by atoms with Crippen LogP contribution >= 0.6 is 0 Å². The van der Waals surface area contributed by atoms with Gasteiger partial charge in [0.15, 0.2) is 9.84 Å². The van der Waals surface area contributed by atoms with Crippen LogP contribution in [-0.4, -0.2) is 39.6 Å². The number of fused-ring (bicyclic) bond motifs is 1. The molecule has 0 spiro atoms. The highest BCUT2D eigenvalue weighted by molar-refractivity contribution is 7.91. The zero-order valence-electron chi connectivity index (χ0n) is 19.8. The maximum absolute atomic E-state index is 12.2. The first-order valence-corrected chi connectivity index (χ1v) is 14.6. The van der Waals surface area contributed by atoms with Gasteiger partial charge in [-0.05, 0) is 60.4 Å². The molecular weight excluding hydrogens is 430 g/mol. The van der Waals surface area contributed by atoms with E-state index in [1.165, 1.54) is 42.5 Å². The predicted molar refractivity (Wildman–Crippen MR) is 135 cm³/mol. The van der Waals surface area contributed by atoms with E-state index in [-0.39, 0.29) is 5.92 Å². The minimum Gasteiger partial charge on any atom is -0.493 e. The smallest absolute Gasteiger partial charge is 0.150 e. The zero-order valence-corrected chi connectivity index (χ0v) is 20.6. The number of sulfone groups is 1. The zero-order chi connectivity index (χ0) is 22.8. The summed E-state index contributed by atoms with van der Waals surface area (Å²) in [4.78, 5) is 2.33. The Hall–Kier alpha value is -2.01. The van der Waals surface area contributed by atoms with E-state index in [9.17, 15) is 8.42 Å². The van der Waals surface area contributed by atoms with Gasteiger partial charge >= 0.3 is 0 Å². The molecule has 1 saturated carbocycles. The molecule has 4 nitrogen and oxygen atoms in total. The van der Waals surface area contributed by atoms with Crippen molar-refractivity contribution in [1.29, 1.82) is 0 Å². The van der Waals surface area contributed by atoms with Gasteiger partial charge in [-0.3, -0.25) is 0 Å². The van der Waals surface area contributed by atoms with E-state index in [1.54, 1.807) is 0 Å². The van der Waals surface area contributed by atoms with Crippen LogP contribution in [0.25, 0.3) is 0 Å². The summed E-state index contributed by atoms with van der Waals surface area (Å²) in [6.07, 6.45) is 7.13.